The number of hydrogen-bond acceptors (Lipinski definition) is 8. The van der Waals surface area contributed by atoms with Crippen molar-refractivity contribution in [3.8, 4) is 6.07 Å². The van der Waals surface area contributed by atoms with Crippen molar-refractivity contribution in [2.45, 2.75) is 30.0 Å². The summed E-state index contributed by atoms with van der Waals surface area (Å²) in [5.41, 5.74) is 2.61. The SMILES string of the molecule is Cc1cc(C)cc(NC(=O)/C(C#N)=C/c2ccc(Sc3nnc(C)s3)c([N+](=O)[O-])c2)c1. The lowest BCUT2D eigenvalue weighted by molar-refractivity contribution is -0.387. The number of aryl methyl sites for hydroxylation is 3. The molecule has 0 radical (unpaired) electrons. The third-order valence-corrected chi connectivity index (χ3v) is 5.99. The van der Waals surface area contributed by atoms with Crippen LogP contribution in [-0.2, 0) is 4.79 Å². The standard InChI is InChI=1S/C21H17N5O3S2/c1-12-6-13(2)8-17(7-12)23-20(27)16(11-22)9-15-4-5-19(18(10-15)26(28)29)31-21-25-24-14(3)30-21/h4-10H,1-3H3,(H,23,27)/b16-9+. The molecule has 1 N–H and O–H groups in total. The van der Waals surface area contributed by atoms with Gasteiger partial charge in [0, 0.05) is 11.8 Å². The normalized spacial score (nSPS) is 11.1. The number of benzene rings is 2. The van der Waals surface area contributed by atoms with Crippen LogP contribution in [0.2, 0.25) is 0 Å². The van der Waals surface area contributed by atoms with Gasteiger partial charge in [0.1, 0.15) is 16.6 Å². The van der Waals surface area contributed by atoms with E-state index in [1.54, 1.807) is 31.2 Å². The number of aromatic nitrogens is 2. The fraction of sp³-hybridized carbons (Fsp3) is 0.143. The Hall–Kier alpha value is -3.55. The van der Waals surface area contributed by atoms with E-state index in [4.69, 9.17) is 0 Å². The van der Waals surface area contributed by atoms with Crippen molar-refractivity contribution in [1.29, 1.82) is 5.26 Å². The van der Waals surface area contributed by atoms with Crippen molar-refractivity contribution in [2.24, 2.45) is 0 Å². The molecule has 0 bridgehead atoms. The molecule has 31 heavy (non-hydrogen) atoms. The van der Waals surface area contributed by atoms with Crippen LogP contribution in [0.25, 0.3) is 6.08 Å². The Kier molecular flexibility index (Phi) is 6.79. The van der Waals surface area contributed by atoms with Gasteiger partial charge in [-0.3, -0.25) is 14.9 Å². The predicted molar refractivity (Wildman–Crippen MR) is 120 cm³/mol. The van der Waals surface area contributed by atoms with E-state index in [1.165, 1.54) is 23.5 Å². The number of nitrogens with one attached hydrogen (secondary N) is 1. The molecule has 3 aromatic rings. The van der Waals surface area contributed by atoms with Crippen molar-refractivity contribution in [3.63, 3.8) is 0 Å². The molecule has 0 saturated carbocycles. The van der Waals surface area contributed by atoms with E-state index in [2.05, 4.69) is 15.5 Å². The molecule has 0 aliphatic heterocycles. The van der Waals surface area contributed by atoms with E-state index in [1.807, 2.05) is 26.0 Å². The number of nitro benzene ring substituents is 1. The number of nitriles is 1. The molecular formula is C21H17N5O3S2. The molecule has 0 aliphatic carbocycles. The first kappa shape index (κ1) is 22.1. The van der Waals surface area contributed by atoms with Crippen LogP contribution in [0.1, 0.15) is 21.7 Å². The lowest BCUT2D eigenvalue weighted by Gasteiger charge is -2.07. The Labute approximate surface area is 186 Å². The summed E-state index contributed by atoms with van der Waals surface area (Å²) in [5.74, 6) is -0.585. The highest BCUT2D eigenvalue weighted by Gasteiger charge is 2.18. The quantitative estimate of drug-likeness (QED) is 0.240. The average molecular weight is 452 g/mol. The van der Waals surface area contributed by atoms with Crippen LogP contribution < -0.4 is 5.32 Å². The lowest BCUT2D eigenvalue weighted by atomic mass is 10.1. The highest BCUT2D eigenvalue weighted by molar-refractivity contribution is 8.01. The molecule has 1 aromatic heterocycles. The Balaban J connectivity index is 1.87. The summed E-state index contributed by atoms with van der Waals surface area (Å²) >= 11 is 2.48. The van der Waals surface area contributed by atoms with Crippen LogP contribution in [-0.4, -0.2) is 21.0 Å². The summed E-state index contributed by atoms with van der Waals surface area (Å²) in [6.45, 7) is 5.62. The first-order valence-electron chi connectivity index (χ1n) is 9.03. The van der Waals surface area contributed by atoms with E-state index >= 15 is 0 Å². The van der Waals surface area contributed by atoms with Gasteiger partial charge in [-0.05, 0) is 61.7 Å². The van der Waals surface area contributed by atoms with E-state index in [0.717, 1.165) is 27.9 Å². The maximum absolute atomic E-state index is 12.5. The molecule has 1 heterocycles. The zero-order chi connectivity index (χ0) is 22.5. The van der Waals surface area contributed by atoms with Crippen molar-refractivity contribution >= 4 is 46.5 Å². The predicted octanol–water partition coefficient (Wildman–Crippen LogP) is 5.07. The van der Waals surface area contributed by atoms with Gasteiger partial charge in [-0.1, -0.05) is 35.2 Å². The molecule has 0 spiro atoms. The monoisotopic (exact) mass is 451 g/mol. The summed E-state index contributed by atoms with van der Waals surface area (Å²) in [5, 5.41) is 32.3. The highest BCUT2D eigenvalue weighted by Crippen LogP contribution is 2.37. The zero-order valence-corrected chi connectivity index (χ0v) is 18.5. The first-order valence-corrected chi connectivity index (χ1v) is 10.7. The minimum Gasteiger partial charge on any atom is -0.321 e. The Morgan fingerprint density at radius 3 is 2.48 bits per heavy atom. The molecule has 0 aliphatic rings. The van der Waals surface area contributed by atoms with Crippen molar-refractivity contribution in [1.82, 2.24) is 10.2 Å². The second-order valence-corrected chi connectivity index (χ2v) is 9.14. The van der Waals surface area contributed by atoms with Crippen LogP contribution in [0.4, 0.5) is 11.4 Å². The third kappa shape index (κ3) is 5.75. The number of anilines is 1. The third-order valence-electron chi connectivity index (χ3n) is 4.04. The highest BCUT2D eigenvalue weighted by atomic mass is 32.2. The van der Waals surface area contributed by atoms with E-state index in [-0.39, 0.29) is 11.3 Å². The second kappa shape index (κ2) is 9.51. The van der Waals surface area contributed by atoms with Crippen molar-refractivity contribution in [2.75, 3.05) is 5.32 Å². The minimum absolute atomic E-state index is 0.140. The number of nitrogens with zero attached hydrogens (tertiary/aromatic N) is 4. The zero-order valence-electron chi connectivity index (χ0n) is 16.9. The molecule has 10 heteroatoms. The molecule has 156 valence electrons. The van der Waals surface area contributed by atoms with Crippen LogP contribution in [0.5, 0.6) is 0 Å². The number of nitro groups is 1. The summed E-state index contributed by atoms with van der Waals surface area (Å²) in [6, 6.07) is 11.9. The second-order valence-electron chi connectivity index (χ2n) is 6.67. The largest absolute Gasteiger partial charge is 0.321 e. The molecular weight excluding hydrogens is 434 g/mol. The molecule has 0 fully saturated rings. The molecule has 0 saturated heterocycles. The Morgan fingerprint density at radius 2 is 1.90 bits per heavy atom. The average Bonchev–Trinajstić information content (AvgIpc) is 3.10. The molecule has 3 rings (SSSR count). The summed E-state index contributed by atoms with van der Waals surface area (Å²) in [7, 11) is 0. The molecule has 0 atom stereocenters. The van der Waals surface area contributed by atoms with Gasteiger partial charge in [0.15, 0.2) is 4.34 Å². The lowest BCUT2D eigenvalue weighted by Crippen LogP contribution is -2.13. The molecule has 8 nitrogen and oxygen atoms in total. The van der Waals surface area contributed by atoms with Crippen LogP contribution >= 0.6 is 23.1 Å². The number of carbonyl (C=O) groups is 1. The molecule has 0 unspecified atom stereocenters. The van der Waals surface area contributed by atoms with Gasteiger partial charge in [0.25, 0.3) is 11.6 Å². The van der Waals surface area contributed by atoms with Gasteiger partial charge in [-0.25, -0.2) is 0 Å². The summed E-state index contributed by atoms with van der Waals surface area (Å²) in [6.07, 6.45) is 1.33. The van der Waals surface area contributed by atoms with Crippen molar-refractivity contribution in [3.05, 3.63) is 73.8 Å². The first-order chi connectivity index (χ1) is 14.7. The van der Waals surface area contributed by atoms with Crippen molar-refractivity contribution < 1.29 is 9.72 Å². The Morgan fingerprint density at radius 1 is 1.19 bits per heavy atom. The summed E-state index contributed by atoms with van der Waals surface area (Å²) in [4.78, 5) is 24.0. The fourth-order valence-corrected chi connectivity index (χ4v) is 4.69. The molecule has 1 amide bonds. The molecule has 2 aromatic carbocycles. The van der Waals surface area contributed by atoms with Crippen LogP contribution in [0.15, 0.2) is 51.2 Å². The van der Waals surface area contributed by atoms with Gasteiger partial charge in [0.2, 0.25) is 0 Å². The van der Waals surface area contributed by atoms with Crippen LogP contribution in [0.3, 0.4) is 0 Å². The smallest absolute Gasteiger partial charge is 0.283 e. The van der Waals surface area contributed by atoms with Gasteiger partial charge in [-0.2, -0.15) is 5.26 Å². The summed E-state index contributed by atoms with van der Waals surface area (Å²) < 4.78 is 0.592. The Bertz CT molecular complexity index is 1220. The van der Waals surface area contributed by atoms with Gasteiger partial charge >= 0.3 is 0 Å². The van der Waals surface area contributed by atoms with Gasteiger partial charge in [0.05, 0.1) is 9.82 Å². The number of hydrogen-bond donors (Lipinski definition) is 1. The maximum Gasteiger partial charge on any atom is 0.283 e. The van der Waals surface area contributed by atoms with E-state index in [9.17, 15) is 20.2 Å². The van der Waals surface area contributed by atoms with Gasteiger partial charge in [-0.15, -0.1) is 10.2 Å². The number of amides is 1. The van der Waals surface area contributed by atoms with E-state index < -0.39 is 10.8 Å². The maximum atomic E-state index is 12.5. The van der Waals surface area contributed by atoms with E-state index in [0.29, 0.717) is 20.5 Å². The van der Waals surface area contributed by atoms with Crippen LogP contribution in [0, 0.1) is 42.2 Å². The topological polar surface area (TPSA) is 122 Å². The minimum atomic E-state index is -0.585. The fourth-order valence-electron chi connectivity index (χ4n) is 2.83. The number of rotatable bonds is 6. The van der Waals surface area contributed by atoms with Gasteiger partial charge < -0.3 is 5.32 Å². The number of carbonyl (C=O) groups excluding carboxylic acids is 1.